The molecule has 0 saturated heterocycles. The Morgan fingerprint density at radius 3 is 2.43 bits per heavy atom. The molecule has 1 aromatic carbocycles. The molecule has 0 unspecified atom stereocenters. The number of anilines is 1. The van der Waals surface area contributed by atoms with Crippen LogP contribution >= 0.6 is 11.6 Å². The first-order chi connectivity index (χ1) is 10.1. The maximum Gasteiger partial charge on any atom is 0.333 e. The Kier molecular flexibility index (Phi) is 6.88. The van der Waals surface area contributed by atoms with E-state index in [9.17, 15) is 4.79 Å². The summed E-state index contributed by atoms with van der Waals surface area (Å²) in [7, 11) is 4.47. The Bertz CT molecular complexity index is 529. The van der Waals surface area contributed by atoms with Crippen molar-refractivity contribution >= 4 is 23.3 Å². The number of rotatable bonds is 7. The van der Waals surface area contributed by atoms with Gasteiger partial charge in [0.05, 0.1) is 32.0 Å². The number of nitrogens with one attached hydrogen (secondary N) is 1. The molecule has 5 nitrogen and oxygen atoms in total. The molecule has 0 aliphatic carbocycles. The van der Waals surface area contributed by atoms with Crippen molar-refractivity contribution in [2.45, 2.75) is 13.3 Å². The van der Waals surface area contributed by atoms with Gasteiger partial charge < -0.3 is 19.5 Å². The quantitative estimate of drug-likeness (QED) is 0.618. The summed E-state index contributed by atoms with van der Waals surface area (Å²) in [5.74, 6) is 0.831. The second-order valence-corrected chi connectivity index (χ2v) is 4.55. The molecule has 0 heterocycles. The van der Waals surface area contributed by atoms with Gasteiger partial charge in [0.2, 0.25) is 0 Å². The SMILES string of the molecule is CC/C(=C/CNc1cc(OC)c(Cl)cc1OC)C(=O)OC. The fourth-order valence-electron chi connectivity index (χ4n) is 1.79. The van der Waals surface area contributed by atoms with Gasteiger partial charge in [0, 0.05) is 24.3 Å². The van der Waals surface area contributed by atoms with Gasteiger partial charge in [-0.3, -0.25) is 0 Å². The van der Waals surface area contributed by atoms with E-state index in [1.54, 1.807) is 32.4 Å². The van der Waals surface area contributed by atoms with Crippen molar-refractivity contribution in [3.63, 3.8) is 0 Å². The molecule has 0 spiro atoms. The number of carbonyl (C=O) groups excluding carboxylic acids is 1. The van der Waals surface area contributed by atoms with E-state index >= 15 is 0 Å². The highest BCUT2D eigenvalue weighted by molar-refractivity contribution is 6.32. The zero-order valence-corrected chi connectivity index (χ0v) is 13.4. The van der Waals surface area contributed by atoms with E-state index in [1.807, 2.05) is 6.92 Å². The van der Waals surface area contributed by atoms with Crippen molar-refractivity contribution in [2.75, 3.05) is 33.2 Å². The monoisotopic (exact) mass is 313 g/mol. The van der Waals surface area contributed by atoms with Gasteiger partial charge in [-0.2, -0.15) is 0 Å². The molecule has 0 bridgehead atoms. The molecule has 0 fully saturated rings. The molecule has 0 amide bonds. The lowest BCUT2D eigenvalue weighted by Gasteiger charge is -2.13. The van der Waals surface area contributed by atoms with Crippen LogP contribution in [-0.4, -0.2) is 33.8 Å². The Hall–Kier alpha value is -1.88. The molecule has 1 rings (SSSR count). The molecular formula is C15H20ClNO4. The van der Waals surface area contributed by atoms with Crippen LogP contribution in [0.3, 0.4) is 0 Å². The molecule has 1 N–H and O–H groups in total. The first kappa shape index (κ1) is 17.2. The van der Waals surface area contributed by atoms with E-state index in [1.165, 1.54) is 7.11 Å². The number of halogens is 1. The van der Waals surface area contributed by atoms with E-state index < -0.39 is 0 Å². The van der Waals surface area contributed by atoms with Crippen molar-refractivity contribution in [1.82, 2.24) is 0 Å². The lowest BCUT2D eigenvalue weighted by atomic mass is 10.2. The lowest BCUT2D eigenvalue weighted by Crippen LogP contribution is -2.08. The predicted octanol–water partition coefficient (Wildman–Crippen LogP) is 3.28. The van der Waals surface area contributed by atoms with Gasteiger partial charge in [-0.05, 0) is 6.42 Å². The fourth-order valence-corrected chi connectivity index (χ4v) is 2.02. The number of methoxy groups -OCH3 is 3. The van der Waals surface area contributed by atoms with E-state index in [2.05, 4.69) is 5.32 Å². The van der Waals surface area contributed by atoms with Gasteiger partial charge in [0.25, 0.3) is 0 Å². The minimum Gasteiger partial charge on any atom is -0.495 e. The highest BCUT2D eigenvalue weighted by Crippen LogP contribution is 2.35. The lowest BCUT2D eigenvalue weighted by molar-refractivity contribution is -0.136. The van der Waals surface area contributed by atoms with Crippen LogP contribution in [0.4, 0.5) is 5.69 Å². The van der Waals surface area contributed by atoms with Gasteiger partial charge >= 0.3 is 5.97 Å². The van der Waals surface area contributed by atoms with Gasteiger partial charge in [-0.15, -0.1) is 0 Å². The Morgan fingerprint density at radius 2 is 1.90 bits per heavy atom. The largest absolute Gasteiger partial charge is 0.495 e. The van der Waals surface area contributed by atoms with E-state index in [0.717, 1.165) is 5.69 Å². The van der Waals surface area contributed by atoms with Crippen LogP contribution in [0, 0.1) is 0 Å². The molecule has 0 aliphatic rings. The molecule has 21 heavy (non-hydrogen) atoms. The van der Waals surface area contributed by atoms with E-state index in [0.29, 0.717) is 35.1 Å². The second-order valence-electron chi connectivity index (χ2n) is 4.14. The maximum absolute atomic E-state index is 11.5. The number of benzene rings is 1. The molecule has 6 heteroatoms. The summed E-state index contributed by atoms with van der Waals surface area (Å²) in [5, 5.41) is 3.63. The predicted molar refractivity (Wildman–Crippen MR) is 83.4 cm³/mol. The van der Waals surface area contributed by atoms with Crippen LogP contribution < -0.4 is 14.8 Å². The molecule has 0 saturated carbocycles. The van der Waals surface area contributed by atoms with Crippen molar-refractivity contribution < 1.29 is 19.0 Å². The molecule has 116 valence electrons. The highest BCUT2D eigenvalue weighted by atomic mass is 35.5. The third-order valence-electron chi connectivity index (χ3n) is 2.94. The first-order valence-corrected chi connectivity index (χ1v) is 6.87. The van der Waals surface area contributed by atoms with E-state index in [-0.39, 0.29) is 5.97 Å². The molecule has 0 aliphatic heterocycles. The topological polar surface area (TPSA) is 56.8 Å². The van der Waals surface area contributed by atoms with E-state index in [4.69, 9.17) is 25.8 Å². The molecule has 1 aromatic rings. The van der Waals surface area contributed by atoms with Crippen LogP contribution in [0.15, 0.2) is 23.8 Å². The van der Waals surface area contributed by atoms with Gasteiger partial charge in [0.1, 0.15) is 11.5 Å². The maximum atomic E-state index is 11.5. The Morgan fingerprint density at radius 1 is 1.24 bits per heavy atom. The van der Waals surface area contributed by atoms with Crippen LogP contribution in [0.5, 0.6) is 11.5 Å². The summed E-state index contributed by atoms with van der Waals surface area (Å²) in [6.45, 7) is 2.36. The van der Waals surface area contributed by atoms with Crippen LogP contribution in [0.2, 0.25) is 5.02 Å². The molecular weight excluding hydrogens is 294 g/mol. The second kappa shape index (κ2) is 8.42. The molecule has 0 radical (unpaired) electrons. The summed E-state index contributed by atoms with van der Waals surface area (Å²) < 4.78 is 15.1. The summed E-state index contributed by atoms with van der Waals surface area (Å²) in [5.41, 5.74) is 1.35. The minimum atomic E-state index is -0.319. The standard InChI is InChI=1S/C15H20ClNO4/c1-5-10(15(18)21-4)6-7-17-12-9-13(19-2)11(16)8-14(12)20-3/h6,8-9,17H,5,7H2,1-4H3/b10-6-. The third kappa shape index (κ3) is 4.56. The smallest absolute Gasteiger partial charge is 0.333 e. The Balaban J connectivity index is 2.87. The molecule has 0 atom stereocenters. The number of hydrogen-bond acceptors (Lipinski definition) is 5. The van der Waals surface area contributed by atoms with Crippen LogP contribution in [0.25, 0.3) is 0 Å². The van der Waals surface area contributed by atoms with Crippen LogP contribution in [-0.2, 0) is 9.53 Å². The number of esters is 1. The zero-order valence-electron chi connectivity index (χ0n) is 12.7. The van der Waals surface area contributed by atoms with Crippen molar-refractivity contribution in [3.05, 3.63) is 28.8 Å². The number of hydrogen-bond donors (Lipinski definition) is 1. The average molecular weight is 314 g/mol. The number of carbonyl (C=O) groups is 1. The first-order valence-electron chi connectivity index (χ1n) is 6.50. The minimum absolute atomic E-state index is 0.319. The van der Waals surface area contributed by atoms with Crippen LogP contribution in [0.1, 0.15) is 13.3 Å². The highest BCUT2D eigenvalue weighted by Gasteiger charge is 2.10. The Labute approximate surface area is 129 Å². The van der Waals surface area contributed by atoms with Crippen molar-refractivity contribution in [1.29, 1.82) is 0 Å². The van der Waals surface area contributed by atoms with Crippen molar-refractivity contribution in [2.24, 2.45) is 0 Å². The van der Waals surface area contributed by atoms with Gasteiger partial charge in [-0.1, -0.05) is 24.6 Å². The third-order valence-corrected chi connectivity index (χ3v) is 3.24. The zero-order chi connectivity index (χ0) is 15.8. The summed E-state index contributed by atoms with van der Waals surface area (Å²) >= 11 is 6.04. The summed E-state index contributed by atoms with van der Waals surface area (Å²) in [6, 6.07) is 3.42. The van der Waals surface area contributed by atoms with Gasteiger partial charge in [0.15, 0.2) is 0 Å². The molecule has 0 aromatic heterocycles. The summed E-state index contributed by atoms with van der Waals surface area (Å²) in [4.78, 5) is 11.5. The van der Waals surface area contributed by atoms with Crippen molar-refractivity contribution in [3.8, 4) is 11.5 Å². The fraction of sp³-hybridized carbons (Fsp3) is 0.400. The summed E-state index contributed by atoms with van der Waals surface area (Å²) in [6.07, 6.45) is 2.39. The van der Waals surface area contributed by atoms with Gasteiger partial charge in [-0.25, -0.2) is 4.79 Å². The normalized spacial score (nSPS) is 11.0. The number of ether oxygens (including phenoxy) is 3. The average Bonchev–Trinajstić information content (AvgIpc) is 2.51.